The molecule has 0 bridgehead atoms. The zero-order valence-corrected chi connectivity index (χ0v) is 12.7. The van der Waals surface area contributed by atoms with E-state index in [0.717, 1.165) is 23.4 Å². The Morgan fingerprint density at radius 2 is 2.00 bits per heavy atom. The molecule has 1 heterocycles. The molecule has 0 saturated heterocycles. The first-order valence-corrected chi connectivity index (χ1v) is 7.20. The van der Waals surface area contributed by atoms with Crippen LogP contribution in [0.3, 0.4) is 0 Å². The SMILES string of the molecule is Cc1ccc(C)c(Cn2c(CN=[N+]=[N-])nc3ccccc32)c1. The second-order valence-corrected chi connectivity index (χ2v) is 5.42. The Hall–Kier alpha value is -2.78. The summed E-state index contributed by atoms with van der Waals surface area (Å²) in [6.45, 7) is 5.19. The second-order valence-electron chi connectivity index (χ2n) is 5.42. The van der Waals surface area contributed by atoms with Gasteiger partial charge in [-0.3, -0.25) is 0 Å². The van der Waals surface area contributed by atoms with Crippen molar-refractivity contribution in [2.75, 3.05) is 0 Å². The molecule has 0 amide bonds. The largest absolute Gasteiger partial charge is 0.323 e. The lowest BCUT2D eigenvalue weighted by Gasteiger charge is -2.11. The van der Waals surface area contributed by atoms with Gasteiger partial charge in [0.2, 0.25) is 0 Å². The molecule has 0 atom stereocenters. The van der Waals surface area contributed by atoms with E-state index in [2.05, 4.69) is 51.6 Å². The van der Waals surface area contributed by atoms with Crippen LogP contribution in [0.1, 0.15) is 22.5 Å². The van der Waals surface area contributed by atoms with E-state index in [-0.39, 0.29) is 6.54 Å². The zero-order chi connectivity index (χ0) is 15.5. The molecule has 22 heavy (non-hydrogen) atoms. The van der Waals surface area contributed by atoms with Gasteiger partial charge >= 0.3 is 0 Å². The van der Waals surface area contributed by atoms with Crippen LogP contribution in [-0.2, 0) is 13.1 Å². The second kappa shape index (κ2) is 5.92. The van der Waals surface area contributed by atoms with Crippen molar-refractivity contribution in [2.45, 2.75) is 26.9 Å². The monoisotopic (exact) mass is 291 g/mol. The van der Waals surface area contributed by atoms with Crippen LogP contribution in [-0.4, -0.2) is 9.55 Å². The summed E-state index contributed by atoms with van der Waals surface area (Å²) in [5, 5.41) is 3.68. The van der Waals surface area contributed by atoms with Crippen molar-refractivity contribution in [1.29, 1.82) is 0 Å². The van der Waals surface area contributed by atoms with Gasteiger partial charge in [-0.15, -0.1) is 0 Å². The molecular formula is C17H17N5. The van der Waals surface area contributed by atoms with Gasteiger partial charge < -0.3 is 4.57 Å². The minimum atomic E-state index is 0.260. The van der Waals surface area contributed by atoms with Gasteiger partial charge in [-0.2, -0.15) is 0 Å². The fourth-order valence-corrected chi connectivity index (χ4v) is 2.66. The maximum atomic E-state index is 8.58. The van der Waals surface area contributed by atoms with E-state index < -0.39 is 0 Å². The Bertz CT molecular complexity index is 872. The van der Waals surface area contributed by atoms with Crippen molar-refractivity contribution in [2.24, 2.45) is 5.11 Å². The minimum Gasteiger partial charge on any atom is -0.323 e. The molecule has 3 aromatic rings. The number of azide groups is 1. The lowest BCUT2D eigenvalue weighted by Crippen LogP contribution is -2.06. The van der Waals surface area contributed by atoms with Gasteiger partial charge in [-0.05, 0) is 42.6 Å². The first-order valence-electron chi connectivity index (χ1n) is 7.20. The Kier molecular flexibility index (Phi) is 3.81. The van der Waals surface area contributed by atoms with Crippen molar-refractivity contribution in [3.63, 3.8) is 0 Å². The molecule has 5 nitrogen and oxygen atoms in total. The molecule has 2 aromatic carbocycles. The number of fused-ring (bicyclic) bond motifs is 1. The van der Waals surface area contributed by atoms with E-state index in [1.807, 2.05) is 24.3 Å². The van der Waals surface area contributed by atoms with Crippen LogP contribution in [0.5, 0.6) is 0 Å². The van der Waals surface area contributed by atoms with Crippen LogP contribution < -0.4 is 0 Å². The highest BCUT2D eigenvalue weighted by Crippen LogP contribution is 2.20. The third kappa shape index (κ3) is 2.67. The predicted octanol–water partition coefficient (Wildman–Crippen LogP) is 4.51. The quantitative estimate of drug-likeness (QED) is 0.396. The molecule has 0 unspecified atom stereocenters. The van der Waals surface area contributed by atoms with Crippen molar-refractivity contribution >= 4 is 11.0 Å². The molecule has 5 heteroatoms. The predicted molar refractivity (Wildman–Crippen MR) is 87.6 cm³/mol. The van der Waals surface area contributed by atoms with Crippen molar-refractivity contribution in [3.8, 4) is 0 Å². The fourth-order valence-electron chi connectivity index (χ4n) is 2.66. The summed E-state index contributed by atoms with van der Waals surface area (Å²) in [7, 11) is 0. The topological polar surface area (TPSA) is 66.6 Å². The molecule has 1 aromatic heterocycles. The Balaban J connectivity index is 2.11. The molecule has 0 fully saturated rings. The van der Waals surface area contributed by atoms with Crippen LogP contribution in [0.25, 0.3) is 21.5 Å². The van der Waals surface area contributed by atoms with Crippen molar-refractivity contribution < 1.29 is 0 Å². The molecule has 0 spiro atoms. The number of hydrogen-bond donors (Lipinski definition) is 0. The van der Waals surface area contributed by atoms with Crippen LogP contribution in [0, 0.1) is 13.8 Å². The molecule has 0 radical (unpaired) electrons. The number of aryl methyl sites for hydroxylation is 2. The van der Waals surface area contributed by atoms with Crippen LogP contribution in [0.15, 0.2) is 47.6 Å². The summed E-state index contributed by atoms with van der Waals surface area (Å²) in [6.07, 6.45) is 0. The molecule has 110 valence electrons. The molecule has 0 aliphatic heterocycles. The summed E-state index contributed by atoms with van der Waals surface area (Å²) in [5.41, 5.74) is 14.3. The lowest BCUT2D eigenvalue weighted by atomic mass is 10.1. The summed E-state index contributed by atoms with van der Waals surface area (Å²) in [5.74, 6) is 0.792. The number of nitrogens with zero attached hydrogens (tertiary/aromatic N) is 5. The Labute approximate surface area is 128 Å². The highest BCUT2D eigenvalue weighted by molar-refractivity contribution is 5.76. The Morgan fingerprint density at radius 3 is 2.82 bits per heavy atom. The average Bonchev–Trinajstić information content (AvgIpc) is 2.87. The van der Waals surface area contributed by atoms with E-state index >= 15 is 0 Å². The number of imidazole rings is 1. The highest BCUT2D eigenvalue weighted by Gasteiger charge is 2.11. The summed E-state index contributed by atoms with van der Waals surface area (Å²) in [6, 6.07) is 14.4. The van der Waals surface area contributed by atoms with Crippen molar-refractivity contribution in [1.82, 2.24) is 9.55 Å². The van der Waals surface area contributed by atoms with E-state index in [1.165, 1.54) is 16.7 Å². The van der Waals surface area contributed by atoms with Gasteiger partial charge in [0.1, 0.15) is 5.82 Å². The highest BCUT2D eigenvalue weighted by atomic mass is 15.2. The fraction of sp³-hybridized carbons (Fsp3) is 0.235. The van der Waals surface area contributed by atoms with Crippen LogP contribution in [0.2, 0.25) is 0 Å². The van der Waals surface area contributed by atoms with E-state index in [4.69, 9.17) is 5.53 Å². The molecular weight excluding hydrogens is 274 g/mol. The smallest absolute Gasteiger partial charge is 0.116 e. The number of aromatic nitrogens is 2. The zero-order valence-electron chi connectivity index (χ0n) is 12.7. The molecule has 0 N–H and O–H groups in total. The van der Waals surface area contributed by atoms with Gasteiger partial charge in [0.15, 0.2) is 0 Å². The summed E-state index contributed by atoms with van der Waals surface area (Å²) in [4.78, 5) is 7.45. The Morgan fingerprint density at radius 1 is 1.18 bits per heavy atom. The van der Waals surface area contributed by atoms with Gasteiger partial charge in [0, 0.05) is 11.5 Å². The molecule has 0 aliphatic rings. The van der Waals surface area contributed by atoms with Gasteiger partial charge in [-0.25, -0.2) is 4.98 Å². The van der Waals surface area contributed by atoms with E-state index in [0.29, 0.717) is 0 Å². The van der Waals surface area contributed by atoms with E-state index in [9.17, 15) is 0 Å². The molecule has 0 aliphatic carbocycles. The first kappa shape index (κ1) is 14.2. The average molecular weight is 291 g/mol. The summed E-state index contributed by atoms with van der Waals surface area (Å²) < 4.78 is 2.13. The summed E-state index contributed by atoms with van der Waals surface area (Å²) >= 11 is 0. The van der Waals surface area contributed by atoms with Crippen molar-refractivity contribution in [3.05, 3.63) is 75.4 Å². The first-order chi connectivity index (χ1) is 10.7. The van der Waals surface area contributed by atoms with Gasteiger partial charge in [-0.1, -0.05) is 41.0 Å². The minimum absolute atomic E-state index is 0.260. The number of rotatable bonds is 4. The van der Waals surface area contributed by atoms with Gasteiger partial charge in [0.25, 0.3) is 0 Å². The third-order valence-corrected chi connectivity index (χ3v) is 3.84. The maximum Gasteiger partial charge on any atom is 0.116 e. The normalized spacial score (nSPS) is 10.6. The number of hydrogen-bond acceptors (Lipinski definition) is 2. The number of benzene rings is 2. The standard InChI is InChI=1S/C17H17N5/c1-12-7-8-13(2)14(9-12)11-22-16-6-4-3-5-15(16)20-17(22)10-19-21-18/h3-9H,10-11H2,1-2H3. The molecule has 3 rings (SSSR count). The molecule has 0 saturated carbocycles. The van der Waals surface area contributed by atoms with Crippen LogP contribution in [0.4, 0.5) is 0 Å². The third-order valence-electron chi connectivity index (χ3n) is 3.84. The van der Waals surface area contributed by atoms with Gasteiger partial charge in [0.05, 0.1) is 17.6 Å². The van der Waals surface area contributed by atoms with Crippen LogP contribution >= 0.6 is 0 Å². The van der Waals surface area contributed by atoms with E-state index in [1.54, 1.807) is 0 Å². The lowest BCUT2D eigenvalue weighted by molar-refractivity contribution is 0.738. The number of para-hydroxylation sites is 2. The maximum absolute atomic E-state index is 8.58.